The van der Waals surface area contributed by atoms with Crippen molar-refractivity contribution >= 4 is 27.5 Å². The van der Waals surface area contributed by atoms with Crippen molar-refractivity contribution in [1.82, 2.24) is 10.2 Å². The van der Waals surface area contributed by atoms with Gasteiger partial charge in [0.15, 0.2) is 0 Å². The fraction of sp³-hybridized carbons (Fsp3) is 0.333. The van der Waals surface area contributed by atoms with Crippen molar-refractivity contribution in [1.29, 1.82) is 0 Å². The van der Waals surface area contributed by atoms with Crippen molar-refractivity contribution in [3.05, 3.63) is 126 Å². The second-order valence-corrected chi connectivity index (χ2v) is 14.2. The Balaban J connectivity index is 1.55. The molecule has 5 rings (SSSR count). The minimum absolute atomic E-state index is 0.0421. The number of nitrogens with zero attached hydrogens (tertiary/aromatic N) is 2. The van der Waals surface area contributed by atoms with Crippen LogP contribution in [0.15, 0.2) is 114 Å². The minimum atomic E-state index is -4.18. The van der Waals surface area contributed by atoms with Crippen molar-refractivity contribution in [3.8, 4) is 5.75 Å². The fourth-order valence-electron chi connectivity index (χ4n) is 6.12. The largest absolute Gasteiger partial charge is 0.494 e. The van der Waals surface area contributed by atoms with E-state index in [2.05, 4.69) is 5.32 Å². The predicted octanol–water partition coefficient (Wildman–Crippen LogP) is 6.68. The van der Waals surface area contributed by atoms with Gasteiger partial charge in [-0.25, -0.2) is 8.42 Å². The summed E-state index contributed by atoms with van der Waals surface area (Å²) in [5.74, 6) is -0.125. The second-order valence-electron chi connectivity index (χ2n) is 12.3. The van der Waals surface area contributed by atoms with E-state index >= 15 is 0 Å². The number of rotatable bonds is 14. The molecule has 0 radical (unpaired) electrons. The van der Waals surface area contributed by atoms with Crippen LogP contribution in [0.25, 0.3) is 0 Å². The highest BCUT2D eigenvalue weighted by Gasteiger charge is 2.35. The van der Waals surface area contributed by atoms with Gasteiger partial charge in [-0.15, -0.1) is 0 Å². The average molecular weight is 668 g/mol. The molecule has 0 saturated heterocycles. The maximum atomic E-state index is 14.7. The first-order chi connectivity index (χ1) is 23.2. The Morgan fingerprint density at radius 1 is 0.812 bits per heavy atom. The number of benzene rings is 4. The van der Waals surface area contributed by atoms with E-state index in [-0.39, 0.29) is 29.8 Å². The molecular formula is C39H45N3O5S. The molecule has 1 atom stereocenters. The molecule has 252 valence electrons. The third-order valence-corrected chi connectivity index (χ3v) is 10.5. The molecule has 1 saturated carbocycles. The highest BCUT2D eigenvalue weighted by atomic mass is 32.2. The second kappa shape index (κ2) is 16.5. The number of carbonyl (C=O) groups is 2. The summed E-state index contributed by atoms with van der Waals surface area (Å²) in [6.07, 6.45) is 5.33. The van der Waals surface area contributed by atoms with Crippen LogP contribution in [-0.2, 0) is 32.6 Å². The zero-order valence-electron chi connectivity index (χ0n) is 27.8. The van der Waals surface area contributed by atoms with Gasteiger partial charge in [-0.1, -0.05) is 97.6 Å². The summed E-state index contributed by atoms with van der Waals surface area (Å²) in [7, 11) is -4.18. The average Bonchev–Trinajstić information content (AvgIpc) is 3.10. The number of hydrogen-bond acceptors (Lipinski definition) is 5. The lowest BCUT2D eigenvalue weighted by Gasteiger charge is -2.35. The molecule has 1 unspecified atom stereocenters. The van der Waals surface area contributed by atoms with Gasteiger partial charge in [-0.2, -0.15) is 0 Å². The number of sulfonamides is 1. The van der Waals surface area contributed by atoms with Crippen molar-refractivity contribution < 1.29 is 22.7 Å². The number of aryl methyl sites for hydroxylation is 1. The van der Waals surface area contributed by atoms with Crippen LogP contribution in [0.3, 0.4) is 0 Å². The van der Waals surface area contributed by atoms with Crippen LogP contribution in [0.2, 0.25) is 0 Å². The molecule has 1 aliphatic carbocycles. The van der Waals surface area contributed by atoms with E-state index in [4.69, 9.17) is 4.74 Å². The van der Waals surface area contributed by atoms with E-state index < -0.39 is 28.5 Å². The monoisotopic (exact) mass is 667 g/mol. The maximum absolute atomic E-state index is 14.7. The molecule has 8 nitrogen and oxygen atoms in total. The summed E-state index contributed by atoms with van der Waals surface area (Å²) < 4.78 is 35.3. The first-order valence-corrected chi connectivity index (χ1v) is 18.2. The van der Waals surface area contributed by atoms with Gasteiger partial charge in [0.05, 0.1) is 17.2 Å². The quantitative estimate of drug-likeness (QED) is 0.162. The molecule has 0 heterocycles. The van der Waals surface area contributed by atoms with Gasteiger partial charge in [-0.05, 0) is 74.2 Å². The summed E-state index contributed by atoms with van der Waals surface area (Å²) >= 11 is 0. The van der Waals surface area contributed by atoms with E-state index in [9.17, 15) is 18.0 Å². The van der Waals surface area contributed by atoms with Crippen molar-refractivity contribution in [2.24, 2.45) is 0 Å². The van der Waals surface area contributed by atoms with Crippen LogP contribution in [-0.4, -0.2) is 50.4 Å². The maximum Gasteiger partial charge on any atom is 0.264 e. The zero-order chi connectivity index (χ0) is 33.9. The normalized spacial score (nSPS) is 14.1. The Labute approximate surface area is 284 Å². The summed E-state index contributed by atoms with van der Waals surface area (Å²) in [6.45, 7) is 3.86. The molecule has 0 aromatic heterocycles. The summed E-state index contributed by atoms with van der Waals surface area (Å²) in [4.78, 5) is 30.5. The SMILES string of the molecule is CCOc1ccc(N(CC(=O)N(Cc2ccccc2)C(Cc2ccccc2)C(=O)NC2CCCCC2)S(=O)(=O)c2ccc(C)cc2)cc1. The van der Waals surface area contributed by atoms with Gasteiger partial charge in [0.1, 0.15) is 18.3 Å². The third-order valence-electron chi connectivity index (χ3n) is 8.74. The van der Waals surface area contributed by atoms with Crippen molar-refractivity contribution in [2.45, 2.75) is 75.9 Å². The Hall–Kier alpha value is -4.63. The summed E-state index contributed by atoms with van der Waals surface area (Å²) in [6, 6.07) is 31.5. The Morgan fingerprint density at radius 3 is 2.02 bits per heavy atom. The number of ether oxygens (including phenoxy) is 1. The summed E-state index contributed by atoms with van der Waals surface area (Å²) in [5, 5.41) is 3.25. The molecule has 4 aromatic rings. The van der Waals surface area contributed by atoms with Crippen molar-refractivity contribution in [2.75, 3.05) is 17.5 Å². The zero-order valence-corrected chi connectivity index (χ0v) is 28.6. The lowest BCUT2D eigenvalue weighted by Crippen LogP contribution is -2.55. The Bertz CT molecular complexity index is 1720. The van der Waals surface area contributed by atoms with Crippen LogP contribution in [0.5, 0.6) is 5.75 Å². The first-order valence-electron chi connectivity index (χ1n) is 16.7. The van der Waals surface area contributed by atoms with E-state index in [0.29, 0.717) is 18.0 Å². The molecule has 0 bridgehead atoms. The predicted molar refractivity (Wildman–Crippen MR) is 189 cm³/mol. The van der Waals surface area contributed by atoms with Gasteiger partial charge in [0.2, 0.25) is 11.8 Å². The molecule has 1 N–H and O–H groups in total. The van der Waals surface area contributed by atoms with Gasteiger partial charge in [-0.3, -0.25) is 13.9 Å². The van der Waals surface area contributed by atoms with E-state index in [0.717, 1.165) is 53.1 Å². The molecule has 9 heteroatoms. The molecular weight excluding hydrogens is 623 g/mol. The van der Waals surface area contributed by atoms with Crippen LogP contribution < -0.4 is 14.4 Å². The highest BCUT2D eigenvalue weighted by molar-refractivity contribution is 7.92. The molecule has 0 spiro atoms. The van der Waals surface area contributed by atoms with Gasteiger partial charge in [0, 0.05) is 19.0 Å². The number of nitrogens with one attached hydrogen (secondary N) is 1. The van der Waals surface area contributed by atoms with E-state index in [1.54, 1.807) is 53.4 Å². The number of hydrogen-bond donors (Lipinski definition) is 1. The molecule has 2 amide bonds. The fourth-order valence-corrected chi connectivity index (χ4v) is 7.53. The highest BCUT2D eigenvalue weighted by Crippen LogP contribution is 2.27. The molecule has 1 aliphatic rings. The van der Waals surface area contributed by atoms with Crippen LogP contribution >= 0.6 is 0 Å². The third kappa shape index (κ3) is 9.04. The van der Waals surface area contributed by atoms with Gasteiger partial charge in [0.25, 0.3) is 10.0 Å². The molecule has 4 aromatic carbocycles. The number of carbonyl (C=O) groups excluding carboxylic acids is 2. The first kappa shape index (κ1) is 34.7. The minimum Gasteiger partial charge on any atom is -0.494 e. The van der Waals surface area contributed by atoms with E-state index in [1.807, 2.05) is 74.5 Å². The smallest absolute Gasteiger partial charge is 0.264 e. The van der Waals surface area contributed by atoms with Crippen LogP contribution in [0, 0.1) is 6.92 Å². The number of amides is 2. The molecule has 48 heavy (non-hydrogen) atoms. The Morgan fingerprint density at radius 2 is 1.42 bits per heavy atom. The summed E-state index contributed by atoms with van der Waals surface area (Å²) in [5.41, 5.74) is 2.98. The van der Waals surface area contributed by atoms with Gasteiger partial charge < -0.3 is 15.0 Å². The lowest BCUT2D eigenvalue weighted by molar-refractivity contribution is -0.140. The van der Waals surface area contributed by atoms with E-state index in [1.165, 1.54) is 0 Å². The standard InChI is InChI=1S/C39H45N3O5S/c1-3-47-35-23-21-34(22-24-35)42(48(45,46)36-25-19-30(2)20-26-36)29-38(43)41(28-32-15-9-5-10-16-32)37(27-31-13-7-4-8-14-31)39(44)40-33-17-11-6-12-18-33/h4-5,7-10,13-16,19-26,33,37H,3,6,11-12,17-18,27-29H2,1-2H3,(H,40,44). The van der Waals surface area contributed by atoms with Crippen molar-refractivity contribution in [3.63, 3.8) is 0 Å². The number of anilines is 1. The van der Waals surface area contributed by atoms with Crippen LogP contribution in [0.1, 0.15) is 55.7 Å². The van der Waals surface area contributed by atoms with Gasteiger partial charge >= 0.3 is 0 Å². The topological polar surface area (TPSA) is 96.0 Å². The molecule has 1 fully saturated rings. The lowest BCUT2D eigenvalue weighted by atomic mass is 9.94. The van der Waals surface area contributed by atoms with Crippen LogP contribution in [0.4, 0.5) is 5.69 Å². The Kier molecular flexibility index (Phi) is 11.9. The molecule has 0 aliphatic heterocycles.